The standard InChI is InChI=1S/C21H23FN2O3/c22-18-9-5-4-8-17(18)21(27)24-14-12-23(13-15-24)19(10-11-20(25)26)16-6-2-1-3-7-16/h1-9,19H,10-15H2,(H,25,26)/t19-/m0/s1. The van der Waals surface area contributed by atoms with Crippen LogP contribution in [0.4, 0.5) is 4.39 Å². The van der Waals surface area contributed by atoms with Crippen LogP contribution in [0.5, 0.6) is 0 Å². The third-order valence-corrected chi connectivity index (χ3v) is 4.96. The van der Waals surface area contributed by atoms with Gasteiger partial charge in [-0.3, -0.25) is 14.5 Å². The summed E-state index contributed by atoms with van der Waals surface area (Å²) in [6.07, 6.45) is 0.606. The van der Waals surface area contributed by atoms with E-state index in [9.17, 15) is 14.0 Å². The third-order valence-electron chi connectivity index (χ3n) is 4.96. The Bertz CT molecular complexity index is 789. The molecule has 1 saturated heterocycles. The lowest BCUT2D eigenvalue weighted by Crippen LogP contribution is -2.49. The molecule has 5 nitrogen and oxygen atoms in total. The van der Waals surface area contributed by atoms with Crippen LogP contribution in [0.25, 0.3) is 0 Å². The molecule has 2 aromatic carbocycles. The molecule has 0 aromatic heterocycles. The summed E-state index contributed by atoms with van der Waals surface area (Å²) in [4.78, 5) is 27.5. The van der Waals surface area contributed by atoms with Gasteiger partial charge in [0.1, 0.15) is 5.82 Å². The van der Waals surface area contributed by atoms with E-state index in [2.05, 4.69) is 4.90 Å². The maximum atomic E-state index is 13.9. The Hall–Kier alpha value is -2.73. The van der Waals surface area contributed by atoms with E-state index in [0.717, 1.165) is 5.56 Å². The van der Waals surface area contributed by atoms with Gasteiger partial charge in [0, 0.05) is 38.6 Å². The molecule has 1 aliphatic rings. The summed E-state index contributed by atoms with van der Waals surface area (Å²) in [7, 11) is 0. The van der Waals surface area contributed by atoms with E-state index in [4.69, 9.17) is 5.11 Å². The Morgan fingerprint density at radius 1 is 0.963 bits per heavy atom. The zero-order valence-electron chi connectivity index (χ0n) is 15.1. The fourth-order valence-electron chi connectivity index (χ4n) is 3.54. The molecule has 6 heteroatoms. The van der Waals surface area contributed by atoms with Gasteiger partial charge in [0.2, 0.25) is 0 Å². The molecule has 0 saturated carbocycles. The van der Waals surface area contributed by atoms with Crippen molar-refractivity contribution in [1.82, 2.24) is 9.80 Å². The molecule has 1 amide bonds. The summed E-state index contributed by atoms with van der Waals surface area (Å²) in [6.45, 7) is 2.23. The molecule has 3 rings (SSSR count). The number of hydrogen-bond donors (Lipinski definition) is 1. The van der Waals surface area contributed by atoms with Crippen molar-refractivity contribution in [3.63, 3.8) is 0 Å². The first kappa shape index (κ1) is 19.0. The van der Waals surface area contributed by atoms with Crippen LogP contribution in [-0.4, -0.2) is 53.0 Å². The van der Waals surface area contributed by atoms with Crippen molar-refractivity contribution in [2.24, 2.45) is 0 Å². The highest BCUT2D eigenvalue weighted by molar-refractivity contribution is 5.94. The molecule has 0 aliphatic carbocycles. The molecule has 1 heterocycles. The molecule has 1 atom stereocenters. The molecule has 0 spiro atoms. The third kappa shape index (κ3) is 4.71. The number of carbonyl (C=O) groups is 2. The van der Waals surface area contributed by atoms with Crippen molar-refractivity contribution in [2.75, 3.05) is 26.2 Å². The van der Waals surface area contributed by atoms with Crippen LogP contribution in [-0.2, 0) is 4.79 Å². The Balaban J connectivity index is 1.67. The summed E-state index contributed by atoms with van der Waals surface area (Å²) < 4.78 is 13.9. The molecule has 27 heavy (non-hydrogen) atoms. The number of aliphatic carboxylic acids is 1. The predicted octanol–water partition coefficient (Wildman–Crippen LogP) is 3.19. The van der Waals surface area contributed by atoms with Crippen molar-refractivity contribution in [2.45, 2.75) is 18.9 Å². The first-order chi connectivity index (χ1) is 13.1. The number of amides is 1. The van der Waals surface area contributed by atoms with E-state index in [-0.39, 0.29) is 23.9 Å². The number of rotatable bonds is 6. The van der Waals surface area contributed by atoms with Crippen molar-refractivity contribution in [3.8, 4) is 0 Å². The van der Waals surface area contributed by atoms with Crippen molar-refractivity contribution < 1.29 is 19.1 Å². The zero-order chi connectivity index (χ0) is 19.2. The number of carboxylic acids is 1. The van der Waals surface area contributed by atoms with Crippen LogP contribution in [0.1, 0.15) is 34.8 Å². The van der Waals surface area contributed by atoms with Gasteiger partial charge in [0.15, 0.2) is 0 Å². The predicted molar refractivity (Wildman–Crippen MR) is 99.9 cm³/mol. The highest BCUT2D eigenvalue weighted by atomic mass is 19.1. The number of benzene rings is 2. The van der Waals surface area contributed by atoms with Crippen LogP contribution < -0.4 is 0 Å². The second-order valence-electron chi connectivity index (χ2n) is 6.67. The molecule has 2 aromatic rings. The average Bonchev–Trinajstić information content (AvgIpc) is 2.69. The van der Waals surface area contributed by atoms with Gasteiger partial charge in [0.05, 0.1) is 5.56 Å². The summed E-state index contributed by atoms with van der Waals surface area (Å²) in [6, 6.07) is 15.8. The molecular weight excluding hydrogens is 347 g/mol. The minimum absolute atomic E-state index is 0.00647. The van der Waals surface area contributed by atoms with E-state index in [1.165, 1.54) is 12.1 Å². The number of nitrogens with zero attached hydrogens (tertiary/aromatic N) is 2. The summed E-state index contributed by atoms with van der Waals surface area (Å²) in [5, 5.41) is 9.07. The Morgan fingerprint density at radius 3 is 2.22 bits per heavy atom. The molecule has 1 aliphatic heterocycles. The van der Waals surface area contributed by atoms with Crippen LogP contribution >= 0.6 is 0 Å². The molecule has 1 fully saturated rings. The second kappa shape index (κ2) is 8.77. The van der Waals surface area contributed by atoms with Crippen molar-refractivity contribution in [1.29, 1.82) is 0 Å². The Labute approximate surface area is 158 Å². The normalized spacial score (nSPS) is 16.1. The molecule has 142 valence electrons. The van der Waals surface area contributed by atoms with Gasteiger partial charge in [-0.15, -0.1) is 0 Å². The van der Waals surface area contributed by atoms with E-state index in [1.807, 2.05) is 30.3 Å². The Morgan fingerprint density at radius 2 is 1.59 bits per heavy atom. The van der Waals surface area contributed by atoms with Gasteiger partial charge in [-0.05, 0) is 24.1 Å². The van der Waals surface area contributed by atoms with Gasteiger partial charge in [-0.1, -0.05) is 42.5 Å². The lowest BCUT2D eigenvalue weighted by Gasteiger charge is -2.39. The summed E-state index contributed by atoms with van der Waals surface area (Å²) in [5.74, 6) is -1.62. The monoisotopic (exact) mass is 370 g/mol. The molecular formula is C21H23FN2O3. The van der Waals surface area contributed by atoms with Crippen molar-refractivity contribution in [3.05, 3.63) is 71.5 Å². The van der Waals surface area contributed by atoms with Crippen molar-refractivity contribution >= 4 is 11.9 Å². The SMILES string of the molecule is O=C(O)CC[C@@H](c1ccccc1)N1CCN(C(=O)c2ccccc2F)CC1. The zero-order valence-corrected chi connectivity index (χ0v) is 15.1. The van der Waals surface area contributed by atoms with E-state index in [1.54, 1.807) is 17.0 Å². The van der Waals surface area contributed by atoms with E-state index in [0.29, 0.717) is 32.6 Å². The van der Waals surface area contributed by atoms with Gasteiger partial charge in [0.25, 0.3) is 5.91 Å². The van der Waals surface area contributed by atoms with Gasteiger partial charge >= 0.3 is 5.97 Å². The maximum Gasteiger partial charge on any atom is 0.303 e. The quantitative estimate of drug-likeness (QED) is 0.848. The number of piperazine rings is 1. The fourth-order valence-corrected chi connectivity index (χ4v) is 3.54. The lowest BCUT2D eigenvalue weighted by atomic mass is 9.99. The fraction of sp³-hybridized carbons (Fsp3) is 0.333. The smallest absolute Gasteiger partial charge is 0.303 e. The topological polar surface area (TPSA) is 60.9 Å². The summed E-state index contributed by atoms with van der Waals surface area (Å²) >= 11 is 0. The number of carboxylic acid groups (broad SMARTS) is 1. The first-order valence-corrected chi connectivity index (χ1v) is 9.11. The highest BCUT2D eigenvalue weighted by Gasteiger charge is 2.28. The molecule has 0 radical (unpaired) electrons. The molecule has 0 unspecified atom stereocenters. The van der Waals surface area contributed by atoms with Gasteiger partial charge in [-0.25, -0.2) is 4.39 Å². The maximum absolute atomic E-state index is 13.9. The summed E-state index contributed by atoms with van der Waals surface area (Å²) in [5.41, 5.74) is 1.17. The van der Waals surface area contributed by atoms with Gasteiger partial charge < -0.3 is 10.0 Å². The number of halogens is 1. The van der Waals surface area contributed by atoms with Crippen LogP contribution in [0.15, 0.2) is 54.6 Å². The number of hydrogen-bond acceptors (Lipinski definition) is 3. The average molecular weight is 370 g/mol. The molecule has 1 N–H and O–H groups in total. The number of carbonyl (C=O) groups excluding carboxylic acids is 1. The van der Waals surface area contributed by atoms with E-state index >= 15 is 0 Å². The molecule has 0 bridgehead atoms. The minimum atomic E-state index is -0.815. The van der Waals surface area contributed by atoms with E-state index < -0.39 is 11.8 Å². The van der Waals surface area contributed by atoms with Crippen LogP contribution in [0, 0.1) is 5.82 Å². The minimum Gasteiger partial charge on any atom is -0.481 e. The highest BCUT2D eigenvalue weighted by Crippen LogP contribution is 2.27. The Kier molecular flexibility index (Phi) is 6.19. The van der Waals surface area contributed by atoms with Crippen LogP contribution in [0.2, 0.25) is 0 Å². The largest absolute Gasteiger partial charge is 0.481 e. The second-order valence-corrected chi connectivity index (χ2v) is 6.67. The van der Waals surface area contributed by atoms with Crippen LogP contribution in [0.3, 0.4) is 0 Å². The lowest BCUT2D eigenvalue weighted by molar-refractivity contribution is -0.137. The van der Waals surface area contributed by atoms with Gasteiger partial charge in [-0.2, -0.15) is 0 Å². The first-order valence-electron chi connectivity index (χ1n) is 9.11.